The molecule has 11 heteroatoms. The molecule has 158 valence electrons. The molecule has 0 bridgehead atoms. The lowest BCUT2D eigenvalue weighted by molar-refractivity contribution is 0.132. The number of carbonyl (C=O) groups excluding carboxylic acids is 2. The van der Waals surface area contributed by atoms with Gasteiger partial charge in [0.05, 0.1) is 44.4 Å². The van der Waals surface area contributed by atoms with Crippen LogP contribution in [0.15, 0.2) is 53.7 Å². The van der Waals surface area contributed by atoms with Gasteiger partial charge in [0, 0.05) is 30.4 Å². The van der Waals surface area contributed by atoms with Crippen LogP contribution in [0, 0.1) is 5.82 Å². The SMILES string of the molecule is COC(=O)NCC1CN(c2ccc(N=CC(=CN)Cn3ccnc3)c(F)c2)C(=O)O1. The number of aliphatic imine (C=N–C) groups is 1. The molecule has 0 aliphatic carbocycles. The van der Waals surface area contributed by atoms with Crippen LogP contribution >= 0.6 is 0 Å². The zero-order valence-corrected chi connectivity index (χ0v) is 16.2. The first-order valence-electron chi connectivity index (χ1n) is 9.00. The van der Waals surface area contributed by atoms with Crippen LogP contribution in [0.3, 0.4) is 0 Å². The van der Waals surface area contributed by atoms with Gasteiger partial charge in [0.15, 0.2) is 5.82 Å². The minimum absolute atomic E-state index is 0.0882. The second kappa shape index (κ2) is 9.54. The van der Waals surface area contributed by atoms with Crippen molar-refractivity contribution in [2.45, 2.75) is 12.6 Å². The number of allylic oxidation sites excluding steroid dienone is 1. The van der Waals surface area contributed by atoms with Gasteiger partial charge >= 0.3 is 12.2 Å². The van der Waals surface area contributed by atoms with Crippen LogP contribution in [0.5, 0.6) is 0 Å². The number of nitrogens with one attached hydrogen (secondary N) is 1. The van der Waals surface area contributed by atoms with E-state index in [9.17, 15) is 14.0 Å². The van der Waals surface area contributed by atoms with Crippen LogP contribution in [0.2, 0.25) is 0 Å². The predicted octanol–water partition coefficient (Wildman–Crippen LogP) is 1.95. The Hall–Kier alpha value is -3.89. The maximum atomic E-state index is 14.5. The van der Waals surface area contributed by atoms with Gasteiger partial charge < -0.3 is 25.1 Å². The van der Waals surface area contributed by atoms with Crippen LogP contribution in [0.25, 0.3) is 0 Å². The van der Waals surface area contributed by atoms with Crippen LogP contribution in [0.1, 0.15) is 0 Å². The molecule has 30 heavy (non-hydrogen) atoms. The number of hydrogen-bond acceptors (Lipinski definition) is 7. The normalized spacial score (nSPS) is 16.7. The number of cyclic esters (lactones) is 1. The first kappa shape index (κ1) is 20.8. The fourth-order valence-corrected chi connectivity index (χ4v) is 2.76. The zero-order valence-electron chi connectivity index (χ0n) is 16.2. The van der Waals surface area contributed by atoms with Crippen molar-refractivity contribution in [3.63, 3.8) is 0 Å². The number of imidazole rings is 1. The molecule has 3 rings (SSSR count). The van der Waals surface area contributed by atoms with E-state index in [1.165, 1.54) is 36.6 Å². The van der Waals surface area contributed by atoms with Crippen LogP contribution in [0.4, 0.5) is 25.4 Å². The molecule has 3 N–H and O–H groups in total. The van der Waals surface area contributed by atoms with Gasteiger partial charge in [-0.25, -0.2) is 19.0 Å². The van der Waals surface area contributed by atoms with Gasteiger partial charge in [0.1, 0.15) is 6.10 Å². The van der Waals surface area contributed by atoms with E-state index >= 15 is 0 Å². The molecule has 2 aromatic rings. The molecule has 1 atom stereocenters. The third-order valence-corrected chi connectivity index (χ3v) is 4.28. The smallest absolute Gasteiger partial charge is 0.414 e. The minimum Gasteiger partial charge on any atom is -0.453 e. The summed E-state index contributed by atoms with van der Waals surface area (Å²) >= 11 is 0. The monoisotopic (exact) mass is 416 g/mol. The summed E-state index contributed by atoms with van der Waals surface area (Å²) in [5.74, 6) is -0.605. The van der Waals surface area contributed by atoms with Gasteiger partial charge in [0.25, 0.3) is 0 Å². The highest BCUT2D eigenvalue weighted by atomic mass is 19.1. The number of amides is 2. The van der Waals surface area contributed by atoms with Gasteiger partial charge in [0.2, 0.25) is 0 Å². The summed E-state index contributed by atoms with van der Waals surface area (Å²) in [6.45, 7) is 0.695. The summed E-state index contributed by atoms with van der Waals surface area (Å²) in [4.78, 5) is 32.6. The molecule has 10 nitrogen and oxygen atoms in total. The quantitative estimate of drug-likeness (QED) is 0.665. The third kappa shape index (κ3) is 5.13. The molecule has 0 radical (unpaired) electrons. The van der Waals surface area contributed by atoms with Crippen molar-refractivity contribution in [2.24, 2.45) is 10.7 Å². The zero-order chi connectivity index (χ0) is 21.5. The Morgan fingerprint density at radius 3 is 3.03 bits per heavy atom. The van der Waals surface area contributed by atoms with E-state index in [-0.39, 0.29) is 18.8 Å². The van der Waals surface area contributed by atoms with E-state index in [0.29, 0.717) is 17.8 Å². The number of nitrogens with zero attached hydrogens (tertiary/aromatic N) is 4. The van der Waals surface area contributed by atoms with Gasteiger partial charge in [-0.1, -0.05) is 0 Å². The molecule has 1 fully saturated rings. The van der Waals surface area contributed by atoms with Gasteiger partial charge in [-0.15, -0.1) is 0 Å². The fourth-order valence-electron chi connectivity index (χ4n) is 2.76. The number of halogens is 1. The highest BCUT2D eigenvalue weighted by Crippen LogP contribution is 2.27. The molecule has 2 heterocycles. The molecule has 0 spiro atoms. The number of carbonyl (C=O) groups is 2. The van der Waals surface area contributed by atoms with E-state index in [1.54, 1.807) is 29.4 Å². The molecule has 1 aromatic carbocycles. The maximum Gasteiger partial charge on any atom is 0.414 e. The molecule has 1 saturated heterocycles. The van der Waals surface area contributed by atoms with Crippen molar-refractivity contribution >= 4 is 29.8 Å². The summed E-state index contributed by atoms with van der Waals surface area (Å²) in [6, 6.07) is 4.22. The largest absolute Gasteiger partial charge is 0.453 e. The summed E-state index contributed by atoms with van der Waals surface area (Å²) in [7, 11) is 1.24. The first-order chi connectivity index (χ1) is 14.5. The van der Waals surface area contributed by atoms with E-state index in [1.807, 2.05) is 0 Å². The van der Waals surface area contributed by atoms with Gasteiger partial charge in [-0.2, -0.15) is 0 Å². The third-order valence-electron chi connectivity index (χ3n) is 4.28. The summed E-state index contributed by atoms with van der Waals surface area (Å²) in [5.41, 5.74) is 6.69. The molecule has 1 unspecified atom stereocenters. The Bertz CT molecular complexity index is 960. The van der Waals surface area contributed by atoms with E-state index in [4.69, 9.17) is 10.5 Å². The Balaban J connectivity index is 1.64. The standard InChI is InChI=1S/C19H21FN6O4/c1-29-18(27)24-9-15-11-26(19(28)30-15)14-2-3-17(16(20)6-14)23-8-13(7-21)10-25-5-4-22-12-25/h2-8,12,15H,9-11,21H2,1H3,(H,24,27). The highest BCUT2D eigenvalue weighted by Gasteiger charge is 2.32. The van der Waals surface area contributed by atoms with E-state index in [0.717, 1.165) is 0 Å². The van der Waals surface area contributed by atoms with Crippen molar-refractivity contribution in [3.8, 4) is 0 Å². The number of anilines is 1. The molecule has 1 aromatic heterocycles. The number of nitrogens with two attached hydrogens (primary N) is 1. The Labute approximate surface area is 171 Å². The Morgan fingerprint density at radius 2 is 2.37 bits per heavy atom. The predicted molar refractivity (Wildman–Crippen MR) is 107 cm³/mol. The molecule has 2 amide bonds. The summed E-state index contributed by atoms with van der Waals surface area (Å²) in [6.07, 6.45) is 6.08. The van der Waals surface area contributed by atoms with E-state index < -0.39 is 24.1 Å². The first-order valence-corrected chi connectivity index (χ1v) is 9.00. The van der Waals surface area contributed by atoms with Crippen molar-refractivity contribution in [1.29, 1.82) is 0 Å². The van der Waals surface area contributed by atoms with Crippen molar-refractivity contribution in [1.82, 2.24) is 14.9 Å². The number of ether oxygens (including phenoxy) is 2. The number of rotatable bonds is 7. The fraction of sp³-hybridized carbons (Fsp3) is 0.263. The van der Waals surface area contributed by atoms with Crippen molar-refractivity contribution in [3.05, 3.63) is 54.5 Å². The van der Waals surface area contributed by atoms with Crippen molar-refractivity contribution in [2.75, 3.05) is 25.1 Å². The van der Waals surface area contributed by atoms with Crippen molar-refractivity contribution < 1.29 is 23.5 Å². The second-order valence-corrected chi connectivity index (χ2v) is 6.36. The lowest BCUT2D eigenvalue weighted by atomic mass is 10.2. The topological polar surface area (TPSA) is 124 Å². The molecule has 1 aliphatic rings. The van der Waals surface area contributed by atoms with Gasteiger partial charge in [-0.3, -0.25) is 9.89 Å². The number of methoxy groups -OCH3 is 1. The minimum atomic E-state index is -0.629. The lowest BCUT2D eigenvalue weighted by Crippen LogP contribution is -2.34. The maximum absolute atomic E-state index is 14.5. The molecule has 1 aliphatic heterocycles. The molecular formula is C19H21FN6O4. The number of hydrogen-bond donors (Lipinski definition) is 2. The van der Waals surface area contributed by atoms with Crippen LogP contribution in [-0.2, 0) is 16.0 Å². The molecular weight excluding hydrogens is 395 g/mol. The summed E-state index contributed by atoms with van der Waals surface area (Å²) in [5, 5.41) is 2.46. The number of aromatic nitrogens is 2. The average molecular weight is 416 g/mol. The van der Waals surface area contributed by atoms with Gasteiger partial charge in [-0.05, 0) is 18.2 Å². The van der Waals surface area contributed by atoms with E-state index in [2.05, 4.69) is 20.0 Å². The Kier molecular flexibility index (Phi) is 6.63. The van der Waals surface area contributed by atoms with Crippen LogP contribution < -0.4 is 16.0 Å². The Morgan fingerprint density at radius 1 is 1.53 bits per heavy atom. The number of alkyl carbamates (subject to hydrolysis) is 1. The summed E-state index contributed by atoms with van der Waals surface area (Å²) < 4.78 is 26.0. The molecule has 0 saturated carbocycles. The average Bonchev–Trinajstić information content (AvgIpc) is 3.39. The highest BCUT2D eigenvalue weighted by molar-refractivity contribution is 5.90. The lowest BCUT2D eigenvalue weighted by Gasteiger charge is -2.13. The second-order valence-electron chi connectivity index (χ2n) is 6.36. The number of benzene rings is 1. The van der Waals surface area contributed by atoms with Crippen LogP contribution in [-0.4, -0.2) is 54.3 Å².